The maximum absolute atomic E-state index is 13.1. The van der Waals surface area contributed by atoms with E-state index in [0.29, 0.717) is 17.4 Å². The number of aliphatic hydroxyl groups excluding tert-OH is 1. The SMILES string of the molecule is Cc1cc(C(CCO)C(C)C)ccc1F. The lowest BCUT2D eigenvalue weighted by molar-refractivity contribution is 0.261. The highest BCUT2D eigenvalue weighted by Gasteiger charge is 2.15. The molecule has 0 saturated carbocycles. The minimum Gasteiger partial charge on any atom is -0.396 e. The standard InChI is InChI=1S/C13H19FO/c1-9(2)12(6-7-15)11-4-5-13(14)10(3)8-11/h4-5,8-9,12,15H,6-7H2,1-3H3. The van der Waals surface area contributed by atoms with Crippen molar-refractivity contribution in [2.75, 3.05) is 6.61 Å². The van der Waals surface area contributed by atoms with Gasteiger partial charge < -0.3 is 5.11 Å². The predicted octanol–water partition coefficient (Wildman–Crippen LogP) is 3.26. The Kier molecular flexibility index (Phi) is 4.28. The second-order valence-corrected chi connectivity index (χ2v) is 4.37. The van der Waals surface area contributed by atoms with Crippen molar-refractivity contribution in [3.63, 3.8) is 0 Å². The summed E-state index contributed by atoms with van der Waals surface area (Å²) in [6.45, 7) is 6.20. The Balaban J connectivity index is 2.95. The Hall–Kier alpha value is -0.890. The molecule has 1 rings (SSSR count). The van der Waals surface area contributed by atoms with E-state index < -0.39 is 0 Å². The van der Waals surface area contributed by atoms with Gasteiger partial charge in [-0.05, 0) is 42.4 Å². The van der Waals surface area contributed by atoms with Crippen molar-refractivity contribution in [1.82, 2.24) is 0 Å². The van der Waals surface area contributed by atoms with E-state index >= 15 is 0 Å². The van der Waals surface area contributed by atoms with E-state index in [1.807, 2.05) is 12.1 Å². The van der Waals surface area contributed by atoms with Gasteiger partial charge in [-0.15, -0.1) is 0 Å². The van der Waals surface area contributed by atoms with Crippen LogP contribution in [0.15, 0.2) is 18.2 Å². The molecule has 1 aromatic rings. The third-order valence-corrected chi connectivity index (χ3v) is 2.85. The molecular formula is C13H19FO. The molecule has 0 aromatic heterocycles. The number of benzene rings is 1. The molecule has 0 aliphatic carbocycles. The average molecular weight is 210 g/mol. The van der Waals surface area contributed by atoms with Crippen molar-refractivity contribution in [3.8, 4) is 0 Å². The van der Waals surface area contributed by atoms with E-state index in [0.717, 1.165) is 12.0 Å². The van der Waals surface area contributed by atoms with E-state index in [1.54, 1.807) is 6.92 Å². The topological polar surface area (TPSA) is 20.2 Å². The van der Waals surface area contributed by atoms with E-state index in [2.05, 4.69) is 13.8 Å². The highest BCUT2D eigenvalue weighted by molar-refractivity contribution is 5.27. The van der Waals surface area contributed by atoms with Crippen LogP contribution in [0.2, 0.25) is 0 Å². The van der Waals surface area contributed by atoms with Gasteiger partial charge in [0.05, 0.1) is 0 Å². The first-order chi connectivity index (χ1) is 7.06. The third kappa shape index (κ3) is 3.03. The van der Waals surface area contributed by atoms with Crippen LogP contribution in [0.3, 0.4) is 0 Å². The lowest BCUT2D eigenvalue weighted by Gasteiger charge is -2.20. The van der Waals surface area contributed by atoms with Crippen molar-refractivity contribution >= 4 is 0 Å². The van der Waals surface area contributed by atoms with Gasteiger partial charge in [0.2, 0.25) is 0 Å². The van der Waals surface area contributed by atoms with Crippen LogP contribution in [-0.2, 0) is 0 Å². The molecule has 1 aromatic carbocycles. The van der Waals surface area contributed by atoms with Crippen LogP contribution < -0.4 is 0 Å². The Labute approximate surface area is 90.9 Å². The Morgan fingerprint density at radius 1 is 1.33 bits per heavy atom. The van der Waals surface area contributed by atoms with E-state index in [1.165, 1.54) is 6.07 Å². The molecule has 1 nitrogen and oxygen atoms in total. The van der Waals surface area contributed by atoms with Crippen LogP contribution in [-0.4, -0.2) is 11.7 Å². The van der Waals surface area contributed by atoms with Gasteiger partial charge >= 0.3 is 0 Å². The zero-order valence-electron chi connectivity index (χ0n) is 9.63. The lowest BCUT2D eigenvalue weighted by Crippen LogP contribution is -2.09. The molecule has 0 aliphatic rings. The van der Waals surface area contributed by atoms with E-state index in [4.69, 9.17) is 5.11 Å². The first-order valence-electron chi connectivity index (χ1n) is 5.43. The van der Waals surface area contributed by atoms with E-state index in [9.17, 15) is 4.39 Å². The quantitative estimate of drug-likeness (QED) is 0.808. The number of hydrogen-bond donors (Lipinski definition) is 1. The summed E-state index contributed by atoms with van der Waals surface area (Å²) < 4.78 is 13.1. The normalized spacial score (nSPS) is 13.2. The lowest BCUT2D eigenvalue weighted by atomic mass is 9.85. The van der Waals surface area contributed by atoms with Crippen LogP contribution in [0.25, 0.3) is 0 Å². The predicted molar refractivity (Wildman–Crippen MR) is 60.4 cm³/mol. The summed E-state index contributed by atoms with van der Waals surface area (Å²) in [4.78, 5) is 0. The summed E-state index contributed by atoms with van der Waals surface area (Å²) in [5.41, 5.74) is 1.80. The molecule has 2 heteroatoms. The Bertz CT molecular complexity index is 320. The highest BCUT2D eigenvalue weighted by atomic mass is 19.1. The van der Waals surface area contributed by atoms with Gasteiger partial charge in [-0.1, -0.05) is 26.0 Å². The minimum absolute atomic E-state index is 0.162. The zero-order valence-corrected chi connectivity index (χ0v) is 9.63. The molecule has 1 atom stereocenters. The van der Waals surface area contributed by atoms with Crippen molar-refractivity contribution < 1.29 is 9.50 Å². The molecule has 15 heavy (non-hydrogen) atoms. The minimum atomic E-state index is -0.162. The second-order valence-electron chi connectivity index (χ2n) is 4.37. The van der Waals surface area contributed by atoms with Crippen LogP contribution >= 0.6 is 0 Å². The van der Waals surface area contributed by atoms with Gasteiger partial charge in [0.1, 0.15) is 5.82 Å². The molecule has 0 amide bonds. The molecule has 0 heterocycles. The van der Waals surface area contributed by atoms with Crippen LogP contribution in [0.1, 0.15) is 37.3 Å². The summed E-state index contributed by atoms with van der Waals surface area (Å²) in [5.74, 6) is 0.613. The highest BCUT2D eigenvalue weighted by Crippen LogP contribution is 2.28. The van der Waals surface area contributed by atoms with E-state index in [-0.39, 0.29) is 12.4 Å². The average Bonchev–Trinajstić information content (AvgIpc) is 2.18. The molecular weight excluding hydrogens is 191 g/mol. The molecule has 0 aliphatic heterocycles. The Morgan fingerprint density at radius 2 is 2.00 bits per heavy atom. The zero-order chi connectivity index (χ0) is 11.4. The molecule has 0 bridgehead atoms. The van der Waals surface area contributed by atoms with Crippen LogP contribution in [0.5, 0.6) is 0 Å². The summed E-state index contributed by atoms with van der Waals surface area (Å²) in [7, 11) is 0. The molecule has 0 spiro atoms. The smallest absolute Gasteiger partial charge is 0.126 e. The molecule has 84 valence electrons. The summed E-state index contributed by atoms with van der Waals surface area (Å²) in [6.07, 6.45) is 0.739. The maximum atomic E-state index is 13.1. The fraction of sp³-hybridized carbons (Fsp3) is 0.538. The van der Waals surface area contributed by atoms with Crippen LogP contribution in [0.4, 0.5) is 4.39 Å². The van der Waals surface area contributed by atoms with Gasteiger partial charge in [-0.25, -0.2) is 4.39 Å². The first-order valence-corrected chi connectivity index (χ1v) is 5.43. The van der Waals surface area contributed by atoms with Crippen molar-refractivity contribution in [3.05, 3.63) is 35.1 Å². The van der Waals surface area contributed by atoms with Crippen molar-refractivity contribution in [2.24, 2.45) is 5.92 Å². The largest absolute Gasteiger partial charge is 0.396 e. The first kappa shape index (κ1) is 12.2. The van der Waals surface area contributed by atoms with Gasteiger partial charge in [0.25, 0.3) is 0 Å². The summed E-state index contributed by atoms with van der Waals surface area (Å²) in [6, 6.07) is 5.22. The second kappa shape index (κ2) is 5.26. The molecule has 1 unspecified atom stereocenters. The van der Waals surface area contributed by atoms with Gasteiger partial charge in [0.15, 0.2) is 0 Å². The number of aryl methyl sites for hydroxylation is 1. The number of halogens is 1. The monoisotopic (exact) mass is 210 g/mol. The summed E-state index contributed by atoms with van der Waals surface area (Å²) >= 11 is 0. The molecule has 0 fully saturated rings. The number of aliphatic hydroxyl groups is 1. The van der Waals surface area contributed by atoms with Crippen LogP contribution in [0, 0.1) is 18.7 Å². The van der Waals surface area contributed by atoms with Gasteiger partial charge in [0, 0.05) is 6.61 Å². The van der Waals surface area contributed by atoms with Crippen molar-refractivity contribution in [1.29, 1.82) is 0 Å². The van der Waals surface area contributed by atoms with Gasteiger partial charge in [-0.3, -0.25) is 0 Å². The summed E-state index contributed by atoms with van der Waals surface area (Å²) in [5, 5.41) is 9.00. The maximum Gasteiger partial charge on any atom is 0.126 e. The van der Waals surface area contributed by atoms with Gasteiger partial charge in [-0.2, -0.15) is 0 Å². The number of rotatable bonds is 4. The fourth-order valence-corrected chi connectivity index (χ4v) is 1.92. The Morgan fingerprint density at radius 3 is 2.47 bits per heavy atom. The fourth-order valence-electron chi connectivity index (χ4n) is 1.92. The molecule has 0 saturated heterocycles. The number of hydrogen-bond acceptors (Lipinski definition) is 1. The molecule has 1 N–H and O–H groups in total. The third-order valence-electron chi connectivity index (χ3n) is 2.85. The van der Waals surface area contributed by atoms with Crippen molar-refractivity contribution in [2.45, 2.75) is 33.1 Å². The molecule has 0 radical (unpaired) electrons.